The van der Waals surface area contributed by atoms with E-state index >= 15 is 0 Å². The number of aliphatic hydroxyl groups excluding tert-OH is 1. The van der Waals surface area contributed by atoms with Crippen LogP contribution in [-0.2, 0) is 0 Å². The molecule has 6 nitrogen and oxygen atoms in total. The molecule has 0 aliphatic carbocycles. The number of nitrogens with one attached hydrogen (secondary N) is 1. The maximum Gasteiger partial charge on any atom is 0.292 e. The number of anilines is 2. The van der Waals surface area contributed by atoms with Crippen LogP contribution in [0.2, 0.25) is 0 Å². The summed E-state index contributed by atoms with van der Waals surface area (Å²) in [5.74, 6) is 0. The molecule has 0 aliphatic rings. The molecule has 0 saturated carbocycles. The van der Waals surface area contributed by atoms with Crippen molar-refractivity contribution in [2.75, 3.05) is 17.6 Å². The molecule has 0 spiro atoms. The molecule has 1 atom stereocenters. The van der Waals surface area contributed by atoms with E-state index in [0.717, 1.165) is 12.8 Å². The third-order valence-corrected chi connectivity index (χ3v) is 2.39. The van der Waals surface area contributed by atoms with Crippen LogP contribution in [0.25, 0.3) is 0 Å². The molecule has 4 N–H and O–H groups in total. The van der Waals surface area contributed by atoms with Gasteiger partial charge < -0.3 is 16.2 Å². The second-order valence-electron chi connectivity index (χ2n) is 3.85. The molecular weight excluding hydrogens is 222 g/mol. The smallest absolute Gasteiger partial charge is 0.292 e. The van der Waals surface area contributed by atoms with Gasteiger partial charge >= 0.3 is 0 Å². The Morgan fingerprint density at radius 1 is 1.59 bits per heavy atom. The normalized spacial score (nSPS) is 12.1. The number of nitro groups is 1. The number of nitrogen functional groups attached to an aromatic ring is 1. The molecule has 0 bridgehead atoms. The van der Waals surface area contributed by atoms with Crippen molar-refractivity contribution in [1.29, 1.82) is 0 Å². The molecule has 1 unspecified atom stereocenters. The second-order valence-corrected chi connectivity index (χ2v) is 3.85. The lowest BCUT2D eigenvalue weighted by molar-refractivity contribution is -0.383. The van der Waals surface area contributed by atoms with Gasteiger partial charge in [-0.1, -0.05) is 13.3 Å². The van der Waals surface area contributed by atoms with Crippen LogP contribution in [0.4, 0.5) is 17.1 Å². The summed E-state index contributed by atoms with van der Waals surface area (Å²) in [5, 5.41) is 23.1. The lowest BCUT2D eigenvalue weighted by Gasteiger charge is -2.12. The molecule has 1 aromatic rings. The van der Waals surface area contributed by atoms with Crippen molar-refractivity contribution in [3.8, 4) is 0 Å². The zero-order valence-electron chi connectivity index (χ0n) is 9.72. The molecule has 0 radical (unpaired) electrons. The molecule has 1 aromatic carbocycles. The summed E-state index contributed by atoms with van der Waals surface area (Å²) >= 11 is 0. The lowest BCUT2D eigenvalue weighted by atomic mass is 10.2. The van der Waals surface area contributed by atoms with Gasteiger partial charge in [0.2, 0.25) is 0 Å². The Kier molecular flexibility index (Phi) is 4.71. The number of nitrogens with two attached hydrogens (primary N) is 1. The van der Waals surface area contributed by atoms with Crippen LogP contribution in [0, 0.1) is 10.1 Å². The summed E-state index contributed by atoms with van der Waals surface area (Å²) in [4.78, 5) is 10.0. The third kappa shape index (κ3) is 3.92. The first-order valence-electron chi connectivity index (χ1n) is 5.50. The van der Waals surface area contributed by atoms with Gasteiger partial charge in [-0.2, -0.15) is 0 Å². The first-order valence-corrected chi connectivity index (χ1v) is 5.50. The summed E-state index contributed by atoms with van der Waals surface area (Å²) in [7, 11) is 0. The van der Waals surface area contributed by atoms with Crippen LogP contribution in [0.5, 0.6) is 0 Å². The Labute approximate surface area is 99.6 Å². The summed E-state index contributed by atoms with van der Waals surface area (Å²) in [6.45, 7) is 2.40. The zero-order chi connectivity index (χ0) is 12.8. The van der Waals surface area contributed by atoms with Gasteiger partial charge in [-0.3, -0.25) is 10.1 Å². The lowest BCUT2D eigenvalue weighted by Crippen LogP contribution is -2.19. The molecule has 6 heteroatoms. The number of nitro benzene ring substituents is 1. The van der Waals surface area contributed by atoms with Crippen LogP contribution < -0.4 is 11.1 Å². The molecule has 0 fully saturated rings. The van der Waals surface area contributed by atoms with E-state index in [2.05, 4.69) is 5.32 Å². The van der Waals surface area contributed by atoms with Crippen molar-refractivity contribution in [3.63, 3.8) is 0 Å². The van der Waals surface area contributed by atoms with Gasteiger partial charge in [-0.25, -0.2) is 0 Å². The highest BCUT2D eigenvalue weighted by Crippen LogP contribution is 2.24. The maximum absolute atomic E-state index is 10.5. The van der Waals surface area contributed by atoms with Crippen molar-refractivity contribution in [2.45, 2.75) is 25.9 Å². The Balaban J connectivity index is 2.62. The van der Waals surface area contributed by atoms with Gasteiger partial charge in [-0.15, -0.1) is 0 Å². The average Bonchev–Trinajstić information content (AvgIpc) is 2.26. The fourth-order valence-corrected chi connectivity index (χ4v) is 1.50. The van der Waals surface area contributed by atoms with E-state index in [1.165, 1.54) is 12.1 Å². The number of hydrogen-bond donors (Lipinski definition) is 3. The first-order chi connectivity index (χ1) is 8.04. The van der Waals surface area contributed by atoms with E-state index in [9.17, 15) is 15.2 Å². The third-order valence-electron chi connectivity index (χ3n) is 2.39. The van der Waals surface area contributed by atoms with Crippen LogP contribution >= 0.6 is 0 Å². The first kappa shape index (κ1) is 13.2. The largest absolute Gasteiger partial charge is 0.393 e. The zero-order valence-corrected chi connectivity index (χ0v) is 9.72. The van der Waals surface area contributed by atoms with Gasteiger partial charge in [0.1, 0.15) is 5.69 Å². The van der Waals surface area contributed by atoms with Gasteiger partial charge in [0.15, 0.2) is 0 Å². The Morgan fingerprint density at radius 2 is 2.29 bits per heavy atom. The monoisotopic (exact) mass is 239 g/mol. The Morgan fingerprint density at radius 3 is 2.82 bits per heavy atom. The number of rotatable bonds is 6. The molecule has 1 rings (SSSR count). The van der Waals surface area contributed by atoms with Crippen LogP contribution in [0.3, 0.4) is 0 Å². The maximum atomic E-state index is 10.5. The average molecular weight is 239 g/mol. The number of benzene rings is 1. The predicted octanol–water partition coefficient (Wildman–Crippen LogP) is 1.75. The van der Waals surface area contributed by atoms with Gasteiger partial charge in [0, 0.05) is 18.3 Å². The number of hydrogen-bond acceptors (Lipinski definition) is 5. The van der Waals surface area contributed by atoms with Crippen molar-refractivity contribution in [1.82, 2.24) is 0 Å². The van der Waals surface area contributed by atoms with Crippen LogP contribution in [0.1, 0.15) is 19.8 Å². The summed E-state index contributed by atoms with van der Waals surface area (Å²) in [5.41, 5.74) is 6.22. The standard InChI is InChI=1S/C11H17N3O3/c1-2-3-9(15)7-13-8-4-5-11(14(16)17)10(12)6-8/h4-6,9,13,15H,2-3,7,12H2,1H3. The van der Waals surface area contributed by atoms with Crippen molar-refractivity contribution in [2.24, 2.45) is 0 Å². The number of aliphatic hydroxyl groups is 1. The highest BCUT2D eigenvalue weighted by atomic mass is 16.6. The molecular formula is C11H17N3O3. The number of nitrogens with zero attached hydrogens (tertiary/aromatic N) is 1. The van der Waals surface area contributed by atoms with E-state index in [0.29, 0.717) is 12.2 Å². The summed E-state index contributed by atoms with van der Waals surface area (Å²) < 4.78 is 0. The SMILES string of the molecule is CCCC(O)CNc1ccc([N+](=O)[O-])c(N)c1. The van der Waals surface area contributed by atoms with Gasteiger partial charge in [0.05, 0.1) is 11.0 Å². The van der Waals surface area contributed by atoms with E-state index in [4.69, 9.17) is 5.73 Å². The van der Waals surface area contributed by atoms with Gasteiger partial charge in [-0.05, 0) is 18.6 Å². The highest BCUT2D eigenvalue weighted by molar-refractivity contribution is 5.65. The van der Waals surface area contributed by atoms with Crippen molar-refractivity contribution >= 4 is 17.1 Å². The van der Waals surface area contributed by atoms with Crippen molar-refractivity contribution in [3.05, 3.63) is 28.3 Å². The summed E-state index contributed by atoms with van der Waals surface area (Å²) in [6.07, 6.45) is 1.21. The Hall–Kier alpha value is -1.82. The minimum absolute atomic E-state index is 0.107. The van der Waals surface area contributed by atoms with E-state index in [1.807, 2.05) is 6.92 Å². The molecule has 0 heterocycles. The fraction of sp³-hybridized carbons (Fsp3) is 0.455. The van der Waals surface area contributed by atoms with Crippen molar-refractivity contribution < 1.29 is 10.0 Å². The highest BCUT2D eigenvalue weighted by Gasteiger charge is 2.11. The second kappa shape index (κ2) is 6.05. The minimum Gasteiger partial charge on any atom is -0.393 e. The predicted molar refractivity (Wildman–Crippen MR) is 66.9 cm³/mol. The van der Waals surface area contributed by atoms with Gasteiger partial charge in [0.25, 0.3) is 5.69 Å². The fourth-order valence-electron chi connectivity index (χ4n) is 1.50. The Bertz CT molecular complexity index is 396. The van der Waals surface area contributed by atoms with Crippen LogP contribution in [0.15, 0.2) is 18.2 Å². The molecule has 0 amide bonds. The molecule has 17 heavy (non-hydrogen) atoms. The molecule has 0 aromatic heterocycles. The quantitative estimate of drug-likeness (QED) is 0.399. The topological polar surface area (TPSA) is 101 Å². The summed E-state index contributed by atoms with van der Waals surface area (Å²) in [6, 6.07) is 4.42. The van der Waals surface area contributed by atoms with Crippen LogP contribution in [-0.4, -0.2) is 22.7 Å². The van der Waals surface area contributed by atoms with E-state index < -0.39 is 11.0 Å². The minimum atomic E-state index is -0.523. The van der Waals surface area contributed by atoms with E-state index in [1.54, 1.807) is 6.07 Å². The molecule has 0 saturated heterocycles. The van der Waals surface area contributed by atoms with E-state index in [-0.39, 0.29) is 11.4 Å². The molecule has 94 valence electrons. The molecule has 0 aliphatic heterocycles.